The highest BCUT2D eigenvalue weighted by atomic mass is 16.2. The first-order valence-corrected chi connectivity index (χ1v) is 7.97. The lowest BCUT2D eigenvalue weighted by Gasteiger charge is -2.27. The largest absolute Gasteiger partial charge is 0.339 e. The van der Waals surface area contributed by atoms with Crippen LogP contribution in [0.2, 0.25) is 0 Å². The minimum atomic E-state index is 0.255. The Hall–Kier alpha value is -1.35. The van der Waals surface area contributed by atoms with Crippen LogP contribution in [0.25, 0.3) is 0 Å². The molecule has 0 bridgehead atoms. The van der Waals surface area contributed by atoms with Crippen LogP contribution in [-0.2, 0) is 13.0 Å². The molecule has 0 unspecified atom stereocenters. The maximum absolute atomic E-state index is 12.8. The molecule has 3 heteroatoms. The summed E-state index contributed by atoms with van der Waals surface area (Å²) < 4.78 is 0. The van der Waals surface area contributed by atoms with Crippen LogP contribution >= 0.6 is 0 Å². The summed E-state index contributed by atoms with van der Waals surface area (Å²) in [5, 5.41) is 3.38. The Kier molecular flexibility index (Phi) is 4.36. The number of fused-ring (bicyclic) bond motifs is 1. The van der Waals surface area contributed by atoms with Crippen LogP contribution in [0.15, 0.2) is 18.2 Å². The number of hydrogen-bond donors (Lipinski definition) is 1. The number of carbonyl (C=O) groups excluding carboxylic acids is 1. The molecule has 1 aromatic rings. The Morgan fingerprint density at radius 2 is 1.80 bits per heavy atom. The molecule has 0 atom stereocenters. The molecule has 0 saturated carbocycles. The van der Waals surface area contributed by atoms with Crippen molar-refractivity contribution in [2.24, 2.45) is 0 Å². The van der Waals surface area contributed by atoms with Gasteiger partial charge in [0.2, 0.25) is 0 Å². The van der Waals surface area contributed by atoms with Crippen molar-refractivity contribution in [2.75, 3.05) is 19.6 Å². The van der Waals surface area contributed by atoms with Gasteiger partial charge in [0.15, 0.2) is 0 Å². The summed E-state index contributed by atoms with van der Waals surface area (Å²) >= 11 is 0. The summed E-state index contributed by atoms with van der Waals surface area (Å²) in [4.78, 5) is 14.9. The molecule has 3 rings (SSSR count). The fraction of sp³-hybridized carbons (Fsp3) is 0.588. The van der Waals surface area contributed by atoms with Gasteiger partial charge >= 0.3 is 0 Å². The second-order valence-corrected chi connectivity index (χ2v) is 5.93. The van der Waals surface area contributed by atoms with E-state index in [1.807, 2.05) is 12.1 Å². The summed E-state index contributed by atoms with van der Waals surface area (Å²) in [5.74, 6) is 0.255. The molecule has 0 radical (unpaired) electrons. The predicted octanol–water partition coefficient (Wildman–Crippen LogP) is 2.74. The quantitative estimate of drug-likeness (QED) is 0.852. The van der Waals surface area contributed by atoms with Crippen molar-refractivity contribution in [3.8, 4) is 0 Å². The standard InChI is InChI=1S/C17H24N2O/c20-17(19-11-4-2-1-3-5-12-19)16-8-6-7-14-13-18-10-9-15(14)16/h6-8,18H,1-5,9-13H2. The van der Waals surface area contributed by atoms with E-state index in [-0.39, 0.29) is 5.91 Å². The molecule has 0 aromatic heterocycles. The van der Waals surface area contributed by atoms with E-state index in [1.165, 1.54) is 30.4 Å². The van der Waals surface area contributed by atoms with Crippen LogP contribution in [0.3, 0.4) is 0 Å². The molecule has 0 spiro atoms. The van der Waals surface area contributed by atoms with Gasteiger partial charge in [0.25, 0.3) is 5.91 Å². The monoisotopic (exact) mass is 272 g/mol. The zero-order valence-electron chi connectivity index (χ0n) is 12.2. The summed E-state index contributed by atoms with van der Waals surface area (Å²) in [7, 11) is 0. The fourth-order valence-corrected chi connectivity index (χ4v) is 3.35. The molecule has 2 aliphatic heterocycles. The van der Waals surface area contributed by atoms with Crippen molar-refractivity contribution in [3.05, 3.63) is 34.9 Å². The topological polar surface area (TPSA) is 32.3 Å². The molecule has 20 heavy (non-hydrogen) atoms. The fourth-order valence-electron chi connectivity index (χ4n) is 3.35. The second-order valence-electron chi connectivity index (χ2n) is 5.93. The Bertz CT molecular complexity index is 476. The van der Waals surface area contributed by atoms with Crippen molar-refractivity contribution in [1.82, 2.24) is 10.2 Å². The van der Waals surface area contributed by atoms with Gasteiger partial charge in [-0.1, -0.05) is 31.4 Å². The maximum Gasteiger partial charge on any atom is 0.254 e. The van der Waals surface area contributed by atoms with Crippen LogP contribution in [0.4, 0.5) is 0 Å². The highest BCUT2D eigenvalue weighted by Crippen LogP contribution is 2.21. The molecule has 1 saturated heterocycles. The van der Waals surface area contributed by atoms with Crippen LogP contribution in [-0.4, -0.2) is 30.4 Å². The lowest BCUT2D eigenvalue weighted by Crippen LogP contribution is -2.35. The molecule has 2 heterocycles. The third-order valence-electron chi connectivity index (χ3n) is 4.51. The molecular weight excluding hydrogens is 248 g/mol. The number of nitrogens with zero attached hydrogens (tertiary/aromatic N) is 1. The molecular formula is C17H24N2O. The SMILES string of the molecule is O=C(c1cccc2c1CCNC2)N1CCCCCCC1. The minimum absolute atomic E-state index is 0.255. The average Bonchev–Trinajstić information content (AvgIpc) is 2.46. The van der Waals surface area contributed by atoms with Gasteiger partial charge in [0.1, 0.15) is 0 Å². The van der Waals surface area contributed by atoms with Crippen LogP contribution in [0.5, 0.6) is 0 Å². The third-order valence-corrected chi connectivity index (χ3v) is 4.51. The van der Waals surface area contributed by atoms with Gasteiger partial charge in [0.05, 0.1) is 0 Å². The van der Waals surface area contributed by atoms with Gasteiger partial charge in [-0.2, -0.15) is 0 Å². The van der Waals surface area contributed by atoms with E-state index in [2.05, 4.69) is 16.3 Å². The Labute approximate surface area is 121 Å². The predicted molar refractivity (Wildman–Crippen MR) is 80.8 cm³/mol. The van der Waals surface area contributed by atoms with Crippen molar-refractivity contribution in [1.29, 1.82) is 0 Å². The van der Waals surface area contributed by atoms with Crippen molar-refractivity contribution >= 4 is 5.91 Å². The van der Waals surface area contributed by atoms with Gasteiger partial charge in [0, 0.05) is 25.2 Å². The van der Waals surface area contributed by atoms with Crippen molar-refractivity contribution in [2.45, 2.75) is 45.1 Å². The average molecular weight is 272 g/mol. The smallest absolute Gasteiger partial charge is 0.254 e. The van der Waals surface area contributed by atoms with Crippen molar-refractivity contribution in [3.63, 3.8) is 0 Å². The minimum Gasteiger partial charge on any atom is -0.339 e. The van der Waals surface area contributed by atoms with Gasteiger partial charge in [-0.3, -0.25) is 4.79 Å². The van der Waals surface area contributed by atoms with Crippen molar-refractivity contribution < 1.29 is 4.79 Å². The van der Waals surface area contributed by atoms with Gasteiger partial charge in [-0.25, -0.2) is 0 Å². The summed E-state index contributed by atoms with van der Waals surface area (Å²) in [6.07, 6.45) is 7.14. The van der Waals surface area contributed by atoms with E-state index in [1.54, 1.807) is 0 Å². The Morgan fingerprint density at radius 1 is 1.05 bits per heavy atom. The number of benzene rings is 1. The Balaban J connectivity index is 1.82. The zero-order chi connectivity index (χ0) is 13.8. The summed E-state index contributed by atoms with van der Waals surface area (Å²) in [5.41, 5.74) is 3.53. The number of nitrogens with one attached hydrogen (secondary N) is 1. The van der Waals surface area contributed by atoms with E-state index < -0.39 is 0 Å². The first kappa shape index (κ1) is 13.6. The second kappa shape index (κ2) is 6.40. The van der Waals surface area contributed by atoms with E-state index >= 15 is 0 Å². The highest BCUT2D eigenvalue weighted by Gasteiger charge is 2.22. The lowest BCUT2D eigenvalue weighted by atomic mass is 9.94. The molecule has 0 aliphatic carbocycles. The number of hydrogen-bond acceptors (Lipinski definition) is 2. The molecule has 1 fully saturated rings. The van der Waals surface area contributed by atoms with Gasteiger partial charge < -0.3 is 10.2 Å². The first-order chi connectivity index (χ1) is 9.86. The van der Waals surface area contributed by atoms with E-state index in [0.717, 1.165) is 51.0 Å². The summed E-state index contributed by atoms with van der Waals surface area (Å²) in [6.45, 7) is 3.75. The molecule has 1 N–H and O–H groups in total. The molecule has 108 valence electrons. The van der Waals surface area contributed by atoms with Crippen LogP contribution in [0.1, 0.15) is 53.6 Å². The molecule has 1 amide bonds. The van der Waals surface area contributed by atoms with Crippen LogP contribution in [0, 0.1) is 0 Å². The number of amides is 1. The van der Waals surface area contributed by atoms with Gasteiger partial charge in [-0.15, -0.1) is 0 Å². The normalized spacial score (nSPS) is 19.9. The third kappa shape index (κ3) is 2.88. The Morgan fingerprint density at radius 3 is 2.60 bits per heavy atom. The van der Waals surface area contributed by atoms with E-state index in [4.69, 9.17) is 0 Å². The van der Waals surface area contributed by atoms with Gasteiger partial charge in [-0.05, 0) is 43.0 Å². The number of likely N-dealkylation sites (tertiary alicyclic amines) is 1. The first-order valence-electron chi connectivity index (χ1n) is 7.97. The summed E-state index contributed by atoms with van der Waals surface area (Å²) in [6, 6.07) is 6.19. The van der Waals surface area contributed by atoms with Crippen LogP contribution < -0.4 is 5.32 Å². The van der Waals surface area contributed by atoms with E-state index in [9.17, 15) is 4.79 Å². The number of carbonyl (C=O) groups is 1. The molecule has 3 nitrogen and oxygen atoms in total. The highest BCUT2D eigenvalue weighted by molar-refractivity contribution is 5.96. The van der Waals surface area contributed by atoms with E-state index in [0.29, 0.717) is 0 Å². The number of rotatable bonds is 1. The molecule has 1 aromatic carbocycles. The molecule has 2 aliphatic rings. The lowest BCUT2D eigenvalue weighted by molar-refractivity contribution is 0.0741. The zero-order valence-corrected chi connectivity index (χ0v) is 12.2. The maximum atomic E-state index is 12.8.